The van der Waals surface area contributed by atoms with Crippen LogP contribution in [0.3, 0.4) is 0 Å². The van der Waals surface area contributed by atoms with Crippen molar-refractivity contribution >= 4 is 17.7 Å². The Labute approximate surface area is 123 Å². The molecular formula is C15H21N3O3. The number of piperidine rings is 3. The van der Waals surface area contributed by atoms with Crippen molar-refractivity contribution < 1.29 is 14.0 Å². The summed E-state index contributed by atoms with van der Waals surface area (Å²) in [6.45, 7) is 5.83. The maximum atomic E-state index is 12.3. The monoisotopic (exact) mass is 291 g/mol. The van der Waals surface area contributed by atoms with Gasteiger partial charge in [-0.2, -0.15) is 0 Å². The number of carbonyl (C=O) groups excluding carboxylic acids is 2. The first kappa shape index (κ1) is 14.1. The van der Waals surface area contributed by atoms with E-state index < -0.39 is 0 Å². The van der Waals surface area contributed by atoms with E-state index in [4.69, 9.17) is 4.42 Å². The van der Waals surface area contributed by atoms with Crippen LogP contribution >= 0.6 is 0 Å². The number of carbonyl (C=O) groups is 2. The second kappa shape index (κ2) is 5.52. The van der Waals surface area contributed by atoms with E-state index in [0.717, 1.165) is 25.9 Å². The normalized spacial score (nSPS) is 31.0. The number of anilines is 1. The summed E-state index contributed by atoms with van der Waals surface area (Å²) in [6.07, 6.45) is 2.29. The molecule has 3 fully saturated rings. The Morgan fingerprint density at radius 3 is 2.62 bits per heavy atom. The molecule has 0 saturated carbocycles. The topological polar surface area (TPSA) is 74.6 Å². The number of fused-ring (bicyclic) bond motifs is 3. The van der Waals surface area contributed by atoms with Crippen molar-refractivity contribution in [1.29, 1.82) is 0 Å². The van der Waals surface area contributed by atoms with Gasteiger partial charge in [-0.15, -0.1) is 0 Å². The smallest absolute Gasteiger partial charge is 0.287 e. The van der Waals surface area contributed by atoms with Gasteiger partial charge in [-0.1, -0.05) is 0 Å². The summed E-state index contributed by atoms with van der Waals surface area (Å²) in [5.41, 5.74) is 0. The fraction of sp³-hybridized carbons (Fsp3) is 0.600. The minimum absolute atomic E-state index is 0.175. The maximum Gasteiger partial charge on any atom is 0.287 e. The lowest BCUT2D eigenvalue weighted by atomic mass is 9.79. The van der Waals surface area contributed by atoms with Gasteiger partial charge in [0.15, 0.2) is 11.6 Å². The molecular weight excluding hydrogens is 270 g/mol. The van der Waals surface area contributed by atoms with E-state index in [2.05, 4.69) is 22.5 Å². The van der Waals surface area contributed by atoms with Crippen molar-refractivity contribution in [3.05, 3.63) is 17.9 Å². The van der Waals surface area contributed by atoms with E-state index in [1.165, 1.54) is 6.92 Å². The Balaban J connectivity index is 1.66. The Hall–Kier alpha value is -1.82. The first-order valence-electron chi connectivity index (χ1n) is 7.47. The highest BCUT2D eigenvalue weighted by Crippen LogP contribution is 2.32. The van der Waals surface area contributed by atoms with Crippen molar-refractivity contribution in [2.45, 2.75) is 38.8 Å². The molecule has 2 bridgehead atoms. The molecule has 6 heteroatoms. The summed E-state index contributed by atoms with van der Waals surface area (Å²) in [4.78, 5) is 25.7. The fourth-order valence-corrected chi connectivity index (χ4v) is 3.47. The minimum Gasteiger partial charge on any atom is -0.435 e. The standard InChI is InChI=1S/C15H21N3O3/c1-9-14(11-5-7-18(9)8-6-11)17-15(20)12-3-4-13(21-12)16-10(2)19/h3-4,9,11,14H,5-8H2,1-2H3,(H,16,19)(H,17,20)/t9-,14-/m0/s1. The van der Waals surface area contributed by atoms with E-state index in [0.29, 0.717) is 17.8 Å². The number of nitrogens with one attached hydrogen (secondary N) is 2. The summed E-state index contributed by atoms with van der Waals surface area (Å²) in [7, 11) is 0. The summed E-state index contributed by atoms with van der Waals surface area (Å²) < 4.78 is 5.36. The largest absolute Gasteiger partial charge is 0.435 e. The SMILES string of the molecule is CC(=O)Nc1ccc(C(=O)N[C@@H]2C3CCN(CC3)[C@H]2C)o1. The van der Waals surface area contributed by atoms with E-state index in [9.17, 15) is 9.59 Å². The van der Waals surface area contributed by atoms with Gasteiger partial charge in [0, 0.05) is 25.1 Å². The van der Waals surface area contributed by atoms with Gasteiger partial charge in [-0.25, -0.2) is 0 Å². The Morgan fingerprint density at radius 1 is 1.29 bits per heavy atom. The van der Waals surface area contributed by atoms with Crippen molar-refractivity contribution in [2.75, 3.05) is 18.4 Å². The molecule has 21 heavy (non-hydrogen) atoms. The van der Waals surface area contributed by atoms with Gasteiger partial charge < -0.3 is 9.73 Å². The molecule has 2 atom stereocenters. The molecule has 2 amide bonds. The molecule has 3 aliphatic rings. The third kappa shape index (κ3) is 2.81. The second-order valence-electron chi connectivity index (χ2n) is 5.96. The van der Waals surface area contributed by atoms with Crippen molar-refractivity contribution in [3.8, 4) is 0 Å². The van der Waals surface area contributed by atoms with Crippen LogP contribution in [-0.4, -0.2) is 41.9 Å². The lowest BCUT2D eigenvalue weighted by molar-refractivity contribution is -0.114. The highest BCUT2D eigenvalue weighted by molar-refractivity contribution is 5.93. The average Bonchev–Trinajstić information content (AvgIpc) is 2.91. The molecule has 4 heterocycles. The predicted molar refractivity (Wildman–Crippen MR) is 78.0 cm³/mol. The van der Waals surface area contributed by atoms with Gasteiger partial charge in [-0.3, -0.25) is 19.8 Å². The molecule has 0 radical (unpaired) electrons. The highest BCUT2D eigenvalue weighted by Gasteiger charge is 2.40. The molecule has 114 valence electrons. The summed E-state index contributed by atoms with van der Waals surface area (Å²) in [6, 6.07) is 3.73. The maximum absolute atomic E-state index is 12.3. The first-order chi connectivity index (χ1) is 10.0. The first-order valence-corrected chi connectivity index (χ1v) is 7.47. The lowest BCUT2D eigenvalue weighted by Gasteiger charge is -2.49. The van der Waals surface area contributed by atoms with Crippen LogP contribution < -0.4 is 10.6 Å². The number of hydrogen-bond donors (Lipinski definition) is 2. The molecule has 3 aliphatic heterocycles. The van der Waals surface area contributed by atoms with Crippen LogP contribution in [0.5, 0.6) is 0 Å². The number of furan rings is 1. The molecule has 2 N–H and O–H groups in total. The van der Waals surface area contributed by atoms with Gasteiger partial charge >= 0.3 is 0 Å². The van der Waals surface area contributed by atoms with Crippen LogP contribution in [0.1, 0.15) is 37.2 Å². The lowest BCUT2D eigenvalue weighted by Crippen LogP contribution is -2.62. The average molecular weight is 291 g/mol. The highest BCUT2D eigenvalue weighted by atomic mass is 16.4. The number of hydrogen-bond acceptors (Lipinski definition) is 4. The fourth-order valence-electron chi connectivity index (χ4n) is 3.47. The third-order valence-corrected chi connectivity index (χ3v) is 4.60. The van der Waals surface area contributed by atoms with Crippen LogP contribution in [0, 0.1) is 5.92 Å². The number of amides is 2. The van der Waals surface area contributed by atoms with E-state index in [-0.39, 0.29) is 23.6 Å². The summed E-state index contributed by atoms with van der Waals surface area (Å²) >= 11 is 0. The van der Waals surface area contributed by atoms with E-state index in [1.807, 2.05) is 0 Å². The number of nitrogens with zero attached hydrogens (tertiary/aromatic N) is 1. The van der Waals surface area contributed by atoms with Gasteiger partial charge in [0.2, 0.25) is 5.91 Å². The van der Waals surface area contributed by atoms with Crippen molar-refractivity contribution in [3.63, 3.8) is 0 Å². The summed E-state index contributed by atoms with van der Waals surface area (Å²) in [5, 5.41) is 5.62. The van der Waals surface area contributed by atoms with Crippen molar-refractivity contribution in [2.24, 2.45) is 5.92 Å². The molecule has 1 aromatic heterocycles. The molecule has 0 spiro atoms. The van der Waals surface area contributed by atoms with Crippen LogP contribution in [0.15, 0.2) is 16.5 Å². The van der Waals surface area contributed by atoms with Crippen LogP contribution in [0.4, 0.5) is 5.88 Å². The summed E-state index contributed by atoms with van der Waals surface area (Å²) in [5.74, 6) is 0.662. The Bertz CT molecular complexity index is 544. The molecule has 3 saturated heterocycles. The zero-order valence-electron chi connectivity index (χ0n) is 12.4. The quantitative estimate of drug-likeness (QED) is 0.884. The molecule has 6 nitrogen and oxygen atoms in total. The second-order valence-corrected chi connectivity index (χ2v) is 5.96. The van der Waals surface area contributed by atoms with Crippen LogP contribution in [-0.2, 0) is 4.79 Å². The van der Waals surface area contributed by atoms with Crippen LogP contribution in [0.2, 0.25) is 0 Å². The van der Waals surface area contributed by atoms with Crippen molar-refractivity contribution in [1.82, 2.24) is 10.2 Å². The van der Waals surface area contributed by atoms with E-state index >= 15 is 0 Å². The number of rotatable bonds is 3. The molecule has 0 aliphatic carbocycles. The minimum atomic E-state index is -0.220. The molecule has 4 rings (SSSR count). The van der Waals surface area contributed by atoms with Gasteiger partial charge in [0.1, 0.15) is 0 Å². The molecule has 1 aromatic rings. The van der Waals surface area contributed by atoms with Gasteiger partial charge in [0.05, 0.1) is 0 Å². The Morgan fingerprint density at radius 2 is 2.00 bits per heavy atom. The Kier molecular flexibility index (Phi) is 3.71. The zero-order valence-corrected chi connectivity index (χ0v) is 12.4. The van der Waals surface area contributed by atoms with E-state index in [1.54, 1.807) is 12.1 Å². The third-order valence-electron chi connectivity index (χ3n) is 4.60. The zero-order chi connectivity index (χ0) is 15.0. The molecule has 0 unspecified atom stereocenters. The van der Waals surface area contributed by atoms with Crippen LogP contribution in [0.25, 0.3) is 0 Å². The molecule has 0 aromatic carbocycles. The van der Waals surface area contributed by atoms with Gasteiger partial charge in [0.25, 0.3) is 5.91 Å². The van der Waals surface area contributed by atoms with Gasteiger partial charge in [-0.05, 0) is 44.8 Å². The predicted octanol–water partition coefficient (Wildman–Crippen LogP) is 1.45.